The summed E-state index contributed by atoms with van der Waals surface area (Å²) in [4.78, 5) is 0. The Balaban J connectivity index is 1.72. The second kappa shape index (κ2) is 7.38. The standard InChI is InChI=1S/C17H25N3O/c1-17(2,10-9-15-7-4-3-5-8-15)18-13-16(21)14-20-12-6-11-19-20/h3-8,11-12,16,18,21H,9-10,13-14H2,1-2H3. The van der Waals surface area contributed by atoms with E-state index in [1.807, 2.05) is 18.3 Å². The second-order valence-corrected chi connectivity index (χ2v) is 6.13. The highest BCUT2D eigenvalue weighted by Gasteiger charge is 2.18. The fourth-order valence-corrected chi connectivity index (χ4v) is 2.27. The molecule has 0 bridgehead atoms. The molecule has 2 N–H and O–H groups in total. The van der Waals surface area contributed by atoms with Crippen molar-refractivity contribution in [3.63, 3.8) is 0 Å². The molecular weight excluding hydrogens is 262 g/mol. The van der Waals surface area contributed by atoms with Gasteiger partial charge in [-0.2, -0.15) is 5.10 Å². The number of nitrogens with zero attached hydrogens (tertiary/aromatic N) is 2. The Morgan fingerprint density at radius 3 is 2.67 bits per heavy atom. The first kappa shape index (κ1) is 15.7. The third-order valence-electron chi connectivity index (χ3n) is 3.65. The quantitative estimate of drug-likeness (QED) is 0.783. The van der Waals surface area contributed by atoms with Crippen LogP contribution in [0.25, 0.3) is 0 Å². The molecule has 0 aliphatic rings. The maximum absolute atomic E-state index is 10.0. The zero-order valence-corrected chi connectivity index (χ0v) is 12.9. The van der Waals surface area contributed by atoms with Gasteiger partial charge in [0.25, 0.3) is 0 Å². The van der Waals surface area contributed by atoms with Gasteiger partial charge in [-0.3, -0.25) is 4.68 Å². The lowest BCUT2D eigenvalue weighted by molar-refractivity contribution is 0.134. The van der Waals surface area contributed by atoms with Gasteiger partial charge in [-0.15, -0.1) is 0 Å². The van der Waals surface area contributed by atoms with E-state index < -0.39 is 6.10 Å². The van der Waals surface area contributed by atoms with E-state index in [-0.39, 0.29) is 5.54 Å². The first-order chi connectivity index (χ1) is 10.1. The van der Waals surface area contributed by atoms with E-state index in [0.29, 0.717) is 13.1 Å². The number of aliphatic hydroxyl groups excluding tert-OH is 1. The Kier molecular flexibility index (Phi) is 5.53. The molecule has 1 aromatic heterocycles. The molecule has 0 aliphatic heterocycles. The highest BCUT2D eigenvalue weighted by atomic mass is 16.3. The number of nitrogens with one attached hydrogen (secondary N) is 1. The zero-order valence-electron chi connectivity index (χ0n) is 12.9. The molecule has 4 heteroatoms. The maximum atomic E-state index is 10.0. The molecule has 21 heavy (non-hydrogen) atoms. The molecule has 0 aliphatic carbocycles. The molecule has 0 saturated heterocycles. The van der Waals surface area contributed by atoms with Crippen LogP contribution in [-0.2, 0) is 13.0 Å². The highest BCUT2D eigenvalue weighted by molar-refractivity contribution is 5.15. The summed E-state index contributed by atoms with van der Waals surface area (Å²) in [6.45, 7) is 5.45. The summed E-state index contributed by atoms with van der Waals surface area (Å²) in [5, 5.41) is 17.6. The normalized spacial score (nSPS) is 13.3. The lowest BCUT2D eigenvalue weighted by atomic mass is 9.95. The van der Waals surface area contributed by atoms with Crippen molar-refractivity contribution in [1.82, 2.24) is 15.1 Å². The number of aliphatic hydroxyl groups is 1. The van der Waals surface area contributed by atoms with Crippen LogP contribution in [0.3, 0.4) is 0 Å². The van der Waals surface area contributed by atoms with Crippen molar-refractivity contribution >= 4 is 0 Å². The van der Waals surface area contributed by atoms with E-state index >= 15 is 0 Å². The van der Waals surface area contributed by atoms with Crippen LogP contribution in [0.5, 0.6) is 0 Å². The number of β-amino-alcohol motifs (C(OH)–C–C–N with tert-alkyl or cyclic N) is 1. The number of hydrogen-bond acceptors (Lipinski definition) is 3. The number of aryl methyl sites for hydroxylation is 1. The molecule has 114 valence electrons. The molecule has 0 saturated carbocycles. The largest absolute Gasteiger partial charge is 0.390 e. The monoisotopic (exact) mass is 287 g/mol. The van der Waals surface area contributed by atoms with Crippen molar-refractivity contribution < 1.29 is 5.11 Å². The summed E-state index contributed by atoms with van der Waals surface area (Å²) >= 11 is 0. The summed E-state index contributed by atoms with van der Waals surface area (Å²) in [5.41, 5.74) is 1.35. The van der Waals surface area contributed by atoms with Crippen LogP contribution in [0.4, 0.5) is 0 Å². The number of benzene rings is 1. The molecule has 0 spiro atoms. The van der Waals surface area contributed by atoms with E-state index in [9.17, 15) is 5.11 Å². The molecule has 1 unspecified atom stereocenters. The average molecular weight is 287 g/mol. The minimum atomic E-state index is -0.430. The lowest BCUT2D eigenvalue weighted by Crippen LogP contribution is -2.44. The first-order valence-electron chi connectivity index (χ1n) is 7.50. The van der Waals surface area contributed by atoms with Gasteiger partial charge < -0.3 is 10.4 Å². The van der Waals surface area contributed by atoms with E-state index in [2.05, 4.69) is 48.5 Å². The third kappa shape index (κ3) is 5.69. The van der Waals surface area contributed by atoms with Crippen LogP contribution in [0.2, 0.25) is 0 Å². The van der Waals surface area contributed by atoms with Gasteiger partial charge in [0.15, 0.2) is 0 Å². The van der Waals surface area contributed by atoms with Crippen molar-refractivity contribution in [2.24, 2.45) is 0 Å². The van der Waals surface area contributed by atoms with E-state index in [4.69, 9.17) is 0 Å². The highest BCUT2D eigenvalue weighted by Crippen LogP contribution is 2.13. The molecule has 2 aromatic rings. The van der Waals surface area contributed by atoms with E-state index in [1.54, 1.807) is 10.9 Å². The molecule has 0 radical (unpaired) electrons. The maximum Gasteiger partial charge on any atom is 0.0860 e. The van der Waals surface area contributed by atoms with Crippen molar-refractivity contribution in [3.8, 4) is 0 Å². The number of hydrogen-bond donors (Lipinski definition) is 2. The third-order valence-corrected chi connectivity index (χ3v) is 3.65. The fraction of sp³-hybridized carbons (Fsp3) is 0.471. The topological polar surface area (TPSA) is 50.1 Å². The molecule has 1 aromatic carbocycles. The van der Waals surface area contributed by atoms with Crippen molar-refractivity contribution in [2.75, 3.05) is 6.54 Å². The Bertz CT molecular complexity index is 508. The van der Waals surface area contributed by atoms with E-state index in [0.717, 1.165) is 12.8 Å². The molecule has 2 rings (SSSR count). The second-order valence-electron chi connectivity index (χ2n) is 6.13. The van der Waals surface area contributed by atoms with Crippen LogP contribution in [0, 0.1) is 0 Å². The molecule has 0 amide bonds. The first-order valence-corrected chi connectivity index (χ1v) is 7.50. The Labute approximate surface area is 126 Å². The smallest absolute Gasteiger partial charge is 0.0860 e. The van der Waals surface area contributed by atoms with Crippen molar-refractivity contribution in [3.05, 3.63) is 54.4 Å². The van der Waals surface area contributed by atoms with Gasteiger partial charge in [-0.25, -0.2) is 0 Å². The molecule has 0 fully saturated rings. The zero-order chi connectivity index (χ0) is 15.1. The van der Waals surface area contributed by atoms with Gasteiger partial charge in [0.05, 0.1) is 12.6 Å². The summed E-state index contributed by atoms with van der Waals surface area (Å²) in [6.07, 6.45) is 5.23. The van der Waals surface area contributed by atoms with Crippen molar-refractivity contribution in [1.29, 1.82) is 0 Å². The van der Waals surface area contributed by atoms with Crippen molar-refractivity contribution in [2.45, 2.75) is 44.9 Å². The lowest BCUT2D eigenvalue weighted by Gasteiger charge is -2.28. The van der Waals surface area contributed by atoms with Gasteiger partial charge in [-0.05, 0) is 38.3 Å². The Hall–Kier alpha value is -1.65. The average Bonchev–Trinajstić information content (AvgIpc) is 2.97. The van der Waals surface area contributed by atoms with Crippen LogP contribution in [0.15, 0.2) is 48.8 Å². The van der Waals surface area contributed by atoms with E-state index in [1.165, 1.54) is 5.56 Å². The molecule has 4 nitrogen and oxygen atoms in total. The summed E-state index contributed by atoms with van der Waals surface area (Å²) in [6, 6.07) is 12.4. The minimum absolute atomic E-state index is 0.000930. The summed E-state index contributed by atoms with van der Waals surface area (Å²) in [5.74, 6) is 0. The van der Waals surface area contributed by atoms with Gasteiger partial charge in [0.2, 0.25) is 0 Å². The fourth-order valence-electron chi connectivity index (χ4n) is 2.27. The van der Waals surface area contributed by atoms with Gasteiger partial charge in [0, 0.05) is 24.5 Å². The van der Waals surface area contributed by atoms with Crippen LogP contribution >= 0.6 is 0 Å². The van der Waals surface area contributed by atoms with Gasteiger partial charge in [0.1, 0.15) is 0 Å². The molecular formula is C17H25N3O. The van der Waals surface area contributed by atoms with Crippen LogP contribution in [-0.4, -0.2) is 33.1 Å². The van der Waals surface area contributed by atoms with Crippen LogP contribution < -0.4 is 5.32 Å². The van der Waals surface area contributed by atoms with Gasteiger partial charge >= 0.3 is 0 Å². The summed E-state index contributed by atoms with van der Waals surface area (Å²) in [7, 11) is 0. The molecule has 1 atom stereocenters. The predicted octanol–water partition coefficient (Wildman–Crippen LogP) is 2.25. The Morgan fingerprint density at radius 2 is 2.00 bits per heavy atom. The van der Waals surface area contributed by atoms with Crippen LogP contribution in [0.1, 0.15) is 25.8 Å². The minimum Gasteiger partial charge on any atom is -0.390 e. The number of rotatable bonds is 8. The summed E-state index contributed by atoms with van der Waals surface area (Å²) < 4.78 is 1.75. The van der Waals surface area contributed by atoms with Gasteiger partial charge in [-0.1, -0.05) is 30.3 Å². The predicted molar refractivity (Wildman–Crippen MR) is 85.1 cm³/mol. The number of aromatic nitrogens is 2. The molecule has 1 heterocycles. The SMILES string of the molecule is CC(C)(CCc1ccccc1)NCC(O)Cn1cccn1. The Morgan fingerprint density at radius 1 is 1.24 bits per heavy atom.